The minimum Gasteiger partial charge on any atom is -0.388 e. The summed E-state index contributed by atoms with van der Waals surface area (Å²) in [5.74, 6) is 0. The van der Waals surface area contributed by atoms with Crippen molar-refractivity contribution in [2.75, 3.05) is 0 Å². The van der Waals surface area contributed by atoms with Gasteiger partial charge in [0.1, 0.15) is 5.69 Å². The summed E-state index contributed by atoms with van der Waals surface area (Å²) in [4.78, 5) is 3.32. The van der Waals surface area contributed by atoms with E-state index in [1.807, 2.05) is 0 Å². The molecule has 1 atom stereocenters. The molecule has 1 aromatic rings. The first-order valence-electron chi connectivity index (χ1n) is 4.22. The third-order valence-corrected chi connectivity index (χ3v) is 2.36. The standard InChI is InChI=1S/C9H8F3NO/c10-9(11,12)8-3-6-5(4-13-8)1-2-7(6)14/h3-4,7,14H,1-2H2. The average Bonchev–Trinajstić information content (AvgIpc) is 2.46. The van der Waals surface area contributed by atoms with E-state index in [1.54, 1.807) is 0 Å². The molecule has 5 heteroatoms. The highest BCUT2D eigenvalue weighted by Crippen LogP contribution is 2.35. The molecule has 0 saturated heterocycles. The lowest BCUT2D eigenvalue weighted by atomic mass is 10.1. The van der Waals surface area contributed by atoms with Crippen molar-refractivity contribution in [3.05, 3.63) is 29.1 Å². The number of alkyl halides is 3. The van der Waals surface area contributed by atoms with Crippen molar-refractivity contribution in [1.82, 2.24) is 4.98 Å². The number of halogens is 3. The van der Waals surface area contributed by atoms with Gasteiger partial charge in [0.2, 0.25) is 0 Å². The van der Waals surface area contributed by atoms with Crippen LogP contribution in [-0.2, 0) is 12.6 Å². The number of hydrogen-bond acceptors (Lipinski definition) is 2. The van der Waals surface area contributed by atoms with E-state index in [4.69, 9.17) is 0 Å². The quantitative estimate of drug-likeness (QED) is 0.700. The van der Waals surface area contributed by atoms with Crippen molar-refractivity contribution in [2.24, 2.45) is 0 Å². The Morgan fingerprint density at radius 1 is 1.43 bits per heavy atom. The predicted molar refractivity (Wildman–Crippen MR) is 42.5 cm³/mol. The highest BCUT2D eigenvalue weighted by atomic mass is 19.4. The van der Waals surface area contributed by atoms with Gasteiger partial charge in [-0.1, -0.05) is 0 Å². The second kappa shape index (κ2) is 2.95. The fraction of sp³-hybridized carbons (Fsp3) is 0.444. The molecule has 0 saturated carbocycles. The van der Waals surface area contributed by atoms with E-state index in [2.05, 4.69) is 4.98 Å². The van der Waals surface area contributed by atoms with Gasteiger partial charge in [-0.15, -0.1) is 0 Å². The molecule has 1 heterocycles. The van der Waals surface area contributed by atoms with Crippen LogP contribution in [-0.4, -0.2) is 10.1 Å². The molecule has 0 aliphatic heterocycles. The molecule has 1 aliphatic carbocycles. The molecule has 1 aromatic heterocycles. The molecule has 76 valence electrons. The predicted octanol–water partition coefficient (Wildman–Crippen LogP) is 2.08. The summed E-state index contributed by atoms with van der Waals surface area (Å²) < 4.78 is 36.7. The number of aromatic nitrogens is 1. The molecule has 0 fully saturated rings. The number of nitrogens with zero attached hydrogens (tertiary/aromatic N) is 1. The molecule has 2 nitrogen and oxygen atoms in total. The Morgan fingerprint density at radius 3 is 2.79 bits per heavy atom. The zero-order chi connectivity index (χ0) is 10.3. The van der Waals surface area contributed by atoms with E-state index in [1.165, 1.54) is 6.20 Å². The van der Waals surface area contributed by atoms with Crippen LogP contribution in [0.1, 0.15) is 29.3 Å². The molecule has 2 rings (SSSR count). The van der Waals surface area contributed by atoms with Gasteiger partial charge in [-0.2, -0.15) is 13.2 Å². The first-order valence-corrected chi connectivity index (χ1v) is 4.22. The maximum atomic E-state index is 12.2. The molecule has 0 amide bonds. The number of hydrogen-bond donors (Lipinski definition) is 1. The Hall–Kier alpha value is -1.10. The first kappa shape index (κ1) is 9.45. The van der Waals surface area contributed by atoms with Crippen LogP contribution in [0.5, 0.6) is 0 Å². The lowest BCUT2D eigenvalue weighted by Crippen LogP contribution is -2.09. The molecular weight excluding hydrogens is 195 g/mol. The van der Waals surface area contributed by atoms with Gasteiger partial charge < -0.3 is 5.11 Å². The molecule has 0 bridgehead atoms. The smallest absolute Gasteiger partial charge is 0.388 e. The molecule has 1 unspecified atom stereocenters. The monoisotopic (exact) mass is 203 g/mol. The molecule has 14 heavy (non-hydrogen) atoms. The van der Waals surface area contributed by atoms with Crippen LogP contribution in [0.15, 0.2) is 12.3 Å². The van der Waals surface area contributed by atoms with E-state index < -0.39 is 18.0 Å². The number of pyridine rings is 1. The van der Waals surface area contributed by atoms with E-state index in [9.17, 15) is 18.3 Å². The maximum absolute atomic E-state index is 12.2. The summed E-state index contributed by atoms with van der Waals surface area (Å²) >= 11 is 0. The second-order valence-electron chi connectivity index (χ2n) is 3.32. The van der Waals surface area contributed by atoms with Gasteiger partial charge in [0.15, 0.2) is 0 Å². The van der Waals surface area contributed by atoms with Crippen LogP contribution in [0, 0.1) is 0 Å². The van der Waals surface area contributed by atoms with Crippen molar-refractivity contribution in [2.45, 2.75) is 25.1 Å². The lowest BCUT2D eigenvalue weighted by Gasteiger charge is -2.08. The highest BCUT2D eigenvalue weighted by molar-refractivity contribution is 5.33. The number of aliphatic hydroxyl groups excluding tert-OH is 1. The fourth-order valence-electron chi connectivity index (χ4n) is 1.62. The normalized spacial score (nSPS) is 21.0. The zero-order valence-corrected chi connectivity index (χ0v) is 7.17. The van der Waals surface area contributed by atoms with Crippen LogP contribution in [0.2, 0.25) is 0 Å². The summed E-state index contributed by atoms with van der Waals surface area (Å²) in [7, 11) is 0. The number of aryl methyl sites for hydroxylation is 1. The van der Waals surface area contributed by atoms with Gasteiger partial charge in [0.05, 0.1) is 6.10 Å². The SMILES string of the molecule is OC1CCc2cnc(C(F)(F)F)cc21. The Bertz CT molecular complexity index is 362. The van der Waals surface area contributed by atoms with Gasteiger partial charge in [-0.3, -0.25) is 4.98 Å². The lowest BCUT2D eigenvalue weighted by molar-refractivity contribution is -0.141. The molecule has 0 aromatic carbocycles. The molecule has 0 spiro atoms. The maximum Gasteiger partial charge on any atom is 0.433 e. The van der Waals surface area contributed by atoms with Crippen LogP contribution in [0.4, 0.5) is 13.2 Å². The topological polar surface area (TPSA) is 33.1 Å². The average molecular weight is 203 g/mol. The van der Waals surface area contributed by atoms with Crippen molar-refractivity contribution in [1.29, 1.82) is 0 Å². The van der Waals surface area contributed by atoms with E-state index >= 15 is 0 Å². The number of rotatable bonds is 0. The molecular formula is C9H8F3NO. The third-order valence-electron chi connectivity index (χ3n) is 2.36. The molecule has 1 aliphatic rings. The van der Waals surface area contributed by atoms with Gasteiger partial charge >= 0.3 is 6.18 Å². The van der Waals surface area contributed by atoms with Crippen LogP contribution < -0.4 is 0 Å². The van der Waals surface area contributed by atoms with Crippen molar-refractivity contribution >= 4 is 0 Å². The minimum atomic E-state index is -4.43. The number of fused-ring (bicyclic) bond motifs is 1. The van der Waals surface area contributed by atoms with Crippen LogP contribution >= 0.6 is 0 Å². The van der Waals surface area contributed by atoms with Crippen molar-refractivity contribution in [3.8, 4) is 0 Å². The molecule has 1 N–H and O–H groups in total. The Balaban J connectivity index is 2.45. The summed E-state index contributed by atoms with van der Waals surface area (Å²) in [6.45, 7) is 0. The third kappa shape index (κ3) is 1.48. The van der Waals surface area contributed by atoms with E-state index in [0.717, 1.165) is 6.07 Å². The van der Waals surface area contributed by atoms with Crippen LogP contribution in [0.25, 0.3) is 0 Å². The fourth-order valence-corrected chi connectivity index (χ4v) is 1.62. The minimum absolute atomic E-state index is 0.368. The Kier molecular flexibility index (Phi) is 1.99. The Morgan fingerprint density at radius 2 is 2.14 bits per heavy atom. The van der Waals surface area contributed by atoms with E-state index in [0.29, 0.717) is 24.0 Å². The summed E-state index contributed by atoms with van der Waals surface area (Å²) in [6.07, 6.45) is -2.92. The Labute approximate surface area is 78.4 Å². The number of aliphatic hydroxyl groups is 1. The second-order valence-corrected chi connectivity index (χ2v) is 3.32. The van der Waals surface area contributed by atoms with Gasteiger partial charge in [0.25, 0.3) is 0 Å². The molecule has 0 radical (unpaired) electrons. The van der Waals surface area contributed by atoms with Gasteiger partial charge in [-0.25, -0.2) is 0 Å². The first-order chi connectivity index (χ1) is 6.48. The van der Waals surface area contributed by atoms with Gasteiger partial charge in [0, 0.05) is 6.20 Å². The van der Waals surface area contributed by atoms with Crippen molar-refractivity contribution < 1.29 is 18.3 Å². The summed E-state index contributed by atoms with van der Waals surface area (Å²) in [6, 6.07) is 0.937. The van der Waals surface area contributed by atoms with Crippen LogP contribution in [0.3, 0.4) is 0 Å². The summed E-state index contributed by atoms with van der Waals surface area (Å²) in [5, 5.41) is 9.38. The highest BCUT2D eigenvalue weighted by Gasteiger charge is 2.34. The van der Waals surface area contributed by atoms with Gasteiger partial charge in [-0.05, 0) is 30.0 Å². The largest absolute Gasteiger partial charge is 0.433 e. The zero-order valence-electron chi connectivity index (χ0n) is 7.17. The van der Waals surface area contributed by atoms with E-state index in [-0.39, 0.29) is 0 Å². The van der Waals surface area contributed by atoms with Crippen molar-refractivity contribution in [3.63, 3.8) is 0 Å². The summed E-state index contributed by atoms with van der Waals surface area (Å²) in [5.41, 5.74) is 0.148.